The van der Waals surface area contributed by atoms with Crippen LogP contribution in [0.4, 0.5) is 27.5 Å². The Morgan fingerprint density at radius 3 is 2.62 bits per heavy atom. The minimum absolute atomic E-state index is 0.227. The van der Waals surface area contributed by atoms with E-state index in [1.165, 1.54) is 12.1 Å². The van der Waals surface area contributed by atoms with Gasteiger partial charge in [-0.2, -0.15) is 5.10 Å². The van der Waals surface area contributed by atoms with Crippen LogP contribution in [-0.2, 0) is 0 Å². The van der Waals surface area contributed by atoms with Crippen molar-refractivity contribution in [2.75, 3.05) is 23.0 Å². The summed E-state index contributed by atoms with van der Waals surface area (Å²) in [4.78, 5) is 4.39. The number of nitrogens with one attached hydrogen (secondary N) is 3. The largest absolute Gasteiger partial charge is 0.396 e. The molecule has 0 unspecified atom stereocenters. The fourth-order valence-corrected chi connectivity index (χ4v) is 2.62. The number of hydrogen-bond acceptors (Lipinski definition) is 6. The molecule has 26 heavy (non-hydrogen) atoms. The van der Waals surface area contributed by atoms with E-state index in [-0.39, 0.29) is 12.4 Å². The number of hydrogen-bond donors (Lipinski definition) is 5. The second-order valence-corrected chi connectivity index (χ2v) is 6.16. The van der Waals surface area contributed by atoms with Gasteiger partial charge in [0.25, 0.3) is 0 Å². The third-order valence-corrected chi connectivity index (χ3v) is 4.01. The van der Waals surface area contributed by atoms with Crippen LogP contribution in [0.5, 0.6) is 0 Å². The van der Waals surface area contributed by atoms with Crippen LogP contribution in [0, 0.1) is 12.7 Å². The molecule has 0 aliphatic rings. The highest BCUT2D eigenvalue weighted by atomic mass is 35.5. The van der Waals surface area contributed by atoms with Gasteiger partial charge in [-0.15, -0.1) is 0 Å². The van der Waals surface area contributed by atoms with Crippen LogP contribution in [0.2, 0.25) is 5.02 Å². The average molecular weight is 377 g/mol. The van der Waals surface area contributed by atoms with Crippen LogP contribution in [-0.4, -0.2) is 26.9 Å². The molecule has 3 rings (SSSR count). The van der Waals surface area contributed by atoms with Gasteiger partial charge in [0.1, 0.15) is 11.6 Å². The van der Waals surface area contributed by atoms with E-state index in [0.29, 0.717) is 33.7 Å². The Labute approximate surface area is 154 Å². The molecule has 1 aromatic carbocycles. The van der Waals surface area contributed by atoms with Crippen LogP contribution >= 0.6 is 11.6 Å². The molecule has 2 heterocycles. The van der Waals surface area contributed by atoms with Gasteiger partial charge in [-0.1, -0.05) is 23.7 Å². The van der Waals surface area contributed by atoms with E-state index in [1.54, 1.807) is 24.3 Å². The number of benzene rings is 1. The van der Waals surface area contributed by atoms with Gasteiger partial charge in [-0.05, 0) is 30.7 Å². The molecular formula is C17H18ClFN6O. The molecule has 0 aliphatic heterocycles. The van der Waals surface area contributed by atoms with Crippen molar-refractivity contribution >= 4 is 34.7 Å². The van der Waals surface area contributed by atoms with Crippen molar-refractivity contribution in [3.63, 3.8) is 0 Å². The first-order chi connectivity index (χ1) is 12.5. The Morgan fingerprint density at radius 2 is 2.00 bits per heavy atom. The number of aliphatic hydroxyl groups excluding tert-OH is 1. The van der Waals surface area contributed by atoms with Crippen molar-refractivity contribution in [1.29, 1.82) is 0 Å². The minimum Gasteiger partial charge on any atom is -0.396 e. The van der Waals surface area contributed by atoms with Gasteiger partial charge in [0.2, 0.25) is 0 Å². The van der Waals surface area contributed by atoms with E-state index in [9.17, 15) is 9.50 Å². The molecule has 136 valence electrons. The zero-order valence-corrected chi connectivity index (χ0v) is 14.7. The lowest BCUT2D eigenvalue weighted by Gasteiger charge is -2.19. The molecule has 0 amide bonds. The van der Waals surface area contributed by atoms with Crippen molar-refractivity contribution < 1.29 is 9.50 Å². The van der Waals surface area contributed by atoms with Crippen molar-refractivity contribution in [3.05, 3.63) is 58.5 Å². The maximum absolute atomic E-state index is 13.1. The predicted molar refractivity (Wildman–Crippen MR) is 100 cm³/mol. The first-order valence-corrected chi connectivity index (χ1v) is 8.22. The molecule has 7 nitrogen and oxygen atoms in total. The summed E-state index contributed by atoms with van der Waals surface area (Å²) in [6, 6.07) is 8.66. The molecule has 3 aromatic rings. The Morgan fingerprint density at radius 1 is 1.27 bits per heavy atom. The summed E-state index contributed by atoms with van der Waals surface area (Å²) >= 11 is 6.23. The number of rotatable bonds is 6. The summed E-state index contributed by atoms with van der Waals surface area (Å²) in [6.45, 7) is 1.65. The second-order valence-electron chi connectivity index (χ2n) is 5.75. The molecule has 9 heteroatoms. The molecule has 2 aromatic heterocycles. The molecule has 0 radical (unpaired) electrons. The predicted octanol–water partition coefficient (Wildman–Crippen LogP) is 3.38. The number of nitrogens with zero attached hydrogens (tertiary/aromatic N) is 2. The lowest BCUT2D eigenvalue weighted by Crippen LogP contribution is -2.16. The Balaban J connectivity index is 1.86. The Kier molecular flexibility index (Phi) is 5.24. The van der Waals surface area contributed by atoms with E-state index in [0.717, 1.165) is 5.69 Å². The fourth-order valence-electron chi connectivity index (χ4n) is 2.40. The molecule has 1 atom stereocenters. The maximum atomic E-state index is 13.1. The zero-order chi connectivity index (χ0) is 18.7. The number of pyridine rings is 1. The number of anilines is 4. The first-order valence-electron chi connectivity index (χ1n) is 7.84. The smallest absolute Gasteiger partial charge is 0.157 e. The van der Waals surface area contributed by atoms with E-state index in [2.05, 4.69) is 25.8 Å². The summed E-state index contributed by atoms with van der Waals surface area (Å²) in [6.07, 6.45) is 0. The number of nitrogens with two attached hydrogens (primary N) is 1. The number of halogens is 2. The minimum atomic E-state index is -0.510. The SMILES string of the molecule is Cc1cc(Nc2nc(N[C@@H](CO)c3ccc(F)cc3)c(Cl)cc2N)n[nH]1. The summed E-state index contributed by atoms with van der Waals surface area (Å²) in [7, 11) is 0. The van der Waals surface area contributed by atoms with Crippen LogP contribution < -0.4 is 16.4 Å². The third-order valence-electron chi connectivity index (χ3n) is 3.72. The number of aryl methyl sites for hydroxylation is 1. The number of aliphatic hydroxyl groups is 1. The van der Waals surface area contributed by atoms with Gasteiger partial charge in [0.15, 0.2) is 11.6 Å². The van der Waals surface area contributed by atoms with Gasteiger partial charge in [0.05, 0.1) is 23.4 Å². The Bertz CT molecular complexity index is 899. The van der Waals surface area contributed by atoms with Gasteiger partial charge in [0, 0.05) is 11.8 Å². The number of H-pyrrole nitrogens is 1. The van der Waals surface area contributed by atoms with Gasteiger partial charge in [-0.25, -0.2) is 9.37 Å². The molecule has 0 saturated heterocycles. The van der Waals surface area contributed by atoms with E-state index < -0.39 is 6.04 Å². The van der Waals surface area contributed by atoms with Gasteiger partial charge in [-0.3, -0.25) is 5.10 Å². The van der Waals surface area contributed by atoms with Crippen LogP contribution in [0.25, 0.3) is 0 Å². The quantitative estimate of drug-likeness (QED) is 0.451. The summed E-state index contributed by atoms with van der Waals surface area (Å²) in [5.74, 6) is 0.917. The second kappa shape index (κ2) is 7.59. The molecule has 0 aliphatic carbocycles. The van der Waals surface area contributed by atoms with Gasteiger partial charge < -0.3 is 21.5 Å². The monoisotopic (exact) mass is 376 g/mol. The highest BCUT2D eigenvalue weighted by molar-refractivity contribution is 6.33. The number of nitrogen functional groups attached to an aromatic ring is 1. The van der Waals surface area contributed by atoms with E-state index in [1.807, 2.05) is 6.92 Å². The van der Waals surface area contributed by atoms with Crippen molar-refractivity contribution in [3.8, 4) is 0 Å². The zero-order valence-electron chi connectivity index (χ0n) is 13.9. The van der Waals surface area contributed by atoms with Crippen molar-refractivity contribution in [1.82, 2.24) is 15.2 Å². The standard InChI is InChI=1S/C17H18ClFN6O/c1-9-6-15(25-24-9)22-17-13(20)7-12(18)16(23-17)21-14(8-26)10-2-4-11(19)5-3-10/h2-7,14,26H,8,20H2,1H3,(H3,21,22,23,24,25)/t14-/m0/s1. The number of aromatic nitrogens is 3. The maximum Gasteiger partial charge on any atom is 0.157 e. The Hall–Kier alpha value is -2.84. The van der Waals surface area contributed by atoms with E-state index >= 15 is 0 Å². The van der Waals surface area contributed by atoms with Gasteiger partial charge >= 0.3 is 0 Å². The molecular weight excluding hydrogens is 359 g/mol. The molecule has 0 spiro atoms. The molecule has 0 fully saturated rings. The van der Waals surface area contributed by atoms with Crippen molar-refractivity contribution in [2.45, 2.75) is 13.0 Å². The topological polar surface area (TPSA) is 112 Å². The summed E-state index contributed by atoms with van der Waals surface area (Å²) in [5, 5.41) is 22.9. The van der Waals surface area contributed by atoms with E-state index in [4.69, 9.17) is 17.3 Å². The molecule has 0 bridgehead atoms. The first kappa shape index (κ1) is 18.0. The van der Waals surface area contributed by atoms with Crippen LogP contribution in [0.1, 0.15) is 17.3 Å². The van der Waals surface area contributed by atoms with Crippen LogP contribution in [0.3, 0.4) is 0 Å². The average Bonchev–Trinajstić information content (AvgIpc) is 3.02. The summed E-state index contributed by atoms with van der Waals surface area (Å²) < 4.78 is 13.1. The summed E-state index contributed by atoms with van der Waals surface area (Å²) in [5.41, 5.74) is 7.90. The fraction of sp³-hybridized carbons (Fsp3) is 0.176. The normalized spacial score (nSPS) is 12.0. The lowest BCUT2D eigenvalue weighted by atomic mass is 10.1. The third kappa shape index (κ3) is 4.04. The van der Waals surface area contributed by atoms with Crippen LogP contribution in [0.15, 0.2) is 36.4 Å². The van der Waals surface area contributed by atoms with Crippen molar-refractivity contribution in [2.24, 2.45) is 0 Å². The number of aromatic amines is 1. The highest BCUT2D eigenvalue weighted by Crippen LogP contribution is 2.31. The lowest BCUT2D eigenvalue weighted by molar-refractivity contribution is 0.276. The molecule has 6 N–H and O–H groups in total. The molecule has 0 saturated carbocycles. The highest BCUT2D eigenvalue weighted by Gasteiger charge is 2.16.